The minimum absolute atomic E-state index is 0.0670. The van der Waals surface area contributed by atoms with Gasteiger partial charge in [-0.15, -0.1) is 0 Å². The first kappa shape index (κ1) is 21.4. The zero-order chi connectivity index (χ0) is 22.4. The van der Waals surface area contributed by atoms with Gasteiger partial charge in [0.05, 0.1) is 15.2 Å². The van der Waals surface area contributed by atoms with E-state index in [0.29, 0.717) is 18.4 Å². The number of sulfonamides is 1. The second-order valence-corrected chi connectivity index (χ2v) is 9.90. The van der Waals surface area contributed by atoms with Gasteiger partial charge in [0.2, 0.25) is 15.9 Å². The molecule has 2 aromatic carbocycles. The summed E-state index contributed by atoms with van der Waals surface area (Å²) in [7, 11) is -3.93. The van der Waals surface area contributed by atoms with Crippen molar-refractivity contribution in [3.63, 3.8) is 0 Å². The molecular weight excluding hydrogens is 425 g/mol. The molecule has 164 valence electrons. The van der Waals surface area contributed by atoms with E-state index in [0.717, 1.165) is 11.6 Å². The summed E-state index contributed by atoms with van der Waals surface area (Å²) in [6.07, 6.45) is 1.37. The van der Waals surface area contributed by atoms with Crippen LogP contribution < -0.4 is 0 Å². The van der Waals surface area contributed by atoms with E-state index in [2.05, 4.69) is 0 Å². The van der Waals surface area contributed by atoms with Gasteiger partial charge in [0.15, 0.2) is 0 Å². The standard InChI is InChI=1S/C21H22FN3O5S/c1-15-2-7-18(25(27)28)14-19(15)31(29,30)24-12-10-23(11-13-24)20(26)21(8-9-21)16-3-5-17(22)6-4-16/h2-7,14H,8-13H2,1H3. The third kappa shape index (κ3) is 3.81. The van der Waals surface area contributed by atoms with Crippen molar-refractivity contribution in [2.45, 2.75) is 30.1 Å². The molecule has 2 fully saturated rings. The van der Waals surface area contributed by atoms with Crippen LogP contribution in [0.1, 0.15) is 24.0 Å². The van der Waals surface area contributed by atoms with E-state index in [1.54, 1.807) is 24.0 Å². The highest BCUT2D eigenvalue weighted by Gasteiger charge is 2.53. The van der Waals surface area contributed by atoms with Crippen molar-refractivity contribution < 1.29 is 22.5 Å². The molecular formula is C21H22FN3O5S. The number of rotatable bonds is 5. The maximum Gasteiger partial charge on any atom is 0.270 e. The molecule has 1 saturated heterocycles. The molecule has 1 aliphatic carbocycles. The minimum Gasteiger partial charge on any atom is -0.339 e. The maximum atomic E-state index is 13.2. The summed E-state index contributed by atoms with van der Waals surface area (Å²) in [5.74, 6) is -0.426. The van der Waals surface area contributed by atoms with E-state index in [-0.39, 0.29) is 48.5 Å². The van der Waals surface area contributed by atoms with E-state index in [1.165, 1.54) is 28.6 Å². The second-order valence-electron chi connectivity index (χ2n) is 7.99. The van der Waals surface area contributed by atoms with Crippen molar-refractivity contribution in [3.05, 3.63) is 69.5 Å². The fraction of sp³-hybridized carbons (Fsp3) is 0.381. The topological polar surface area (TPSA) is 101 Å². The summed E-state index contributed by atoms with van der Waals surface area (Å²) in [5.41, 5.74) is 0.275. The number of aryl methyl sites for hydroxylation is 1. The molecule has 31 heavy (non-hydrogen) atoms. The molecule has 0 atom stereocenters. The van der Waals surface area contributed by atoms with Crippen LogP contribution in [0.2, 0.25) is 0 Å². The molecule has 0 aromatic heterocycles. The number of amides is 1. The molecule has 0 N–H and O–H groups in total. The lowest BCUT2D eigenvalue weighted by molar-refractivity contribution is -0.385. The summed E-state index contributed by atoms with van der Waals surface area (Å²) in [6, 6.07) is 9.72. The predicted molar refractivity (Wildman–Crippen MR) is 110 cm³/mol. The first-order valence-corrected chi connectivity index (χ1v) is 11.4. The summed E-state index contributed by atoms with van der Waals surface area (Å²) >= 11 is 0. The molecule has 4 rings (SSSR count). The SMILES string of the molecule is Cc1ccc([N+](=O)[O-])cc1S(=O)(=O)N1CCN(C(=O)C2(c3ccc(F)cc3)CC2)CC1. The number of carbonyl (C=O) groups is 1. The Morgan fingerprint density at radius 2 is 1.68 bits per heavy atom. The quantitative estimate of drug-likeness (QED) is 0.518. The summed E-state index contributed by atoms with van der Waals surface area (Å²) < 4.78 is 40.7. The molecule has 2 aromatic rings. The van der Waals surface area contributed by atoms with Gasteiger partial charge in [0.25, 0.3) is 5.69 Å². The van der Waals surface area contributed by atoms with Gasteiger partial charge in [-0.1, -0.05) is 18.2 Å². The minimum atomic E-state index is -3.93. The fourth-order valence-electron chi connectivity index (χ4n) is 4.07. The number of nitrogens with zero attached hydrogens (tertiary/aromatic N) is 3. The Morgan fingerprint density at radius 3 is 2.23 bits per heavy atom. The number of carbonyl (C=O) groups excluding carboxylic acids is 1. The van der Waals surface area contributed by atoms with Crippen LogP contribution in [0, 0.1) is 22.9 Å². The lowest BCUT2D eigenvalue weighted by atomic mass is 9.94. The largest absolute Gasteiger partial charge is 0.339 e. The van der Waals surface area contributed by atoms with Gasteiger partial charge in [0, 0.05) is 38.3 Å². The second kappa shape index (κ2) is 7.69. The number of hydrogen-bond acceptors (Lipinski definition) is 5. The fourth-order valence-corrected chi connectivity index (χ4v) is 5.74. The number of non-ortho nitro benzene ring substituents is 1. The van der Waals surface area contributed by atoms with Crippen molar-refractivity contribution in [1.29, 1.82) is 0 Å². The van der Waals surface area contributed by atoms with Crippen LogP contribution in [-0.4, -0.2) is 54.6 Å². The molecule has 1 saturated carbocycles. The van der Waals surface area contributed by atoms with E-state index >= 15 is 0 Å². The van der Waals surface area contributed by atoms with Crippen LogP contribution in [0.15, 0.2) is 47.4 Å². The van der Waals surface area contributed by atoms with Crippen LogP contribution >= 0.6 is 0 Å². The third-order valence-corrected chi connectivity index (χ3v) is 8.12. The highest BCUT2D eigenvalue weighted by atomic mass is 32.2. The Labute approximate surface area is 179 Å². The van der Waals surface area contributed by atoms with Crippen LogP contribution in [-0.2, 0) is 20.2 Å². The maximum absolute atomic E-state index is 13.2. The molecule has 1 aliphatic heterocycles. The monoisotopic (exact) mass is 447 g/mol. The van der Waals surface area contributed by atoms with E-state index < -0.39 is 20.4 Å². The smallest absolute Gasteiger partial charge is 0.270 e. The van der Waals surface area contributed by atoms with Crippen molar-refractivity contribution >= 4 is 21.6 Å². The number of nitro groups is 1. The van der Waals surface area contributed by atoms with E-state index in [1.807, 2.05) is 0 Å². The Morgan fingerprint density at radius 1 is 1.06 bits per heavy atom. The Kier molecular flexibility index (Phi) is 5.30. The van der Waals surface area contributed by atoms with Crippen molar-refractivity contribution in [2.75, 3.05) is 26.2 Å². The lowest BCUT2D eigenvalue weighted by Gasteiger charge is -2.36. The number of benzene rings is 2. The van der Waals surface area contributed by atoms with Crippen LogP contribution in [0.5, 0.6) is 0 Å². The van der Waals surface area contributed by atoms with Gasteiger partial charge in [0.1, 0.15) is 5.82 Å². The highest BCUT2D eigenvalue weighted by molar-refractivity contribution is 7.89. The van der Waals surface area contributed by atoms with Gasteiger partial charge < -0.3 is 4.90 Å². The predicted octanol–water partition coefficient (Wildman–Crippen LogP) is 2.61. The average molecular weight is 447 g/mol. The summed E-state index contributed by atoms with van der Waals surface area (Å²) in [5, 5.41) is 11.1. The highest BCUT2D eigenvalue weighted by Crippen LogP contribution is 2.49. The summed E-state index contributed by atoms with van der Waals surface area (Å²) in [4.78, 5) is 25.1. The molecule has 8 nitrogen and oxygen atoms in total. The third-order valence-electron chi connectivity index (χ3n) is 6.08. The molecule has 1 amide bonds. The first-order chi connectivity index (χ1) is 14.6. The van der Waals surface area contributed by atoms with Crippen LogP contribution in [0.3, 0.4) is 0 Å². The van der Waals surface area contributed by atoms with E-state index in [4.69, 9.17) is 0 Å². The Bertz CT molecular complexity index is 1140. The lowest BCUT2D eigenvalue weighted by Crippen LogP contribution is -2.52. The van der Waals surface area contributed by atoms with Gasteiger partial charge in [-0.3, -0.25) is 14.9 Å². The van der Waals surface area contributed by atoms with Crippen LogP contribution in [0.4, 0.5) is 10.1 Å². The number of piperazine rings is 1. The van der Waals surface area contributed by atoms with Crippen molar-refractivity contribution in [3.8, 4) is 0 Å². The molecule has 0 spiro atoms. The zero-order valence-electron chi connectivity index (χ0n) is 17.0. The van der Waals surface area contributed by atoms with Gasteiger partial charge in [-0.05, 0) is 43.0 Å². The van der Waals surface area contributed by atoms with Crippen molar-refractivity contribution in [1.82, 2.24) is 9.21 Å². The first-order valence-electron chi connectivity index (χ1n) is 9.96. The molecule has 2 aliphatic rings. The number of nitro benzene ring substituents is 1. The molecule has 0 radical (unpaired) electrons. The molecule has 0 bridgehead atoms. The Hall–Kier alpha value is -2.85. The van der Waals surface area contributed by atoms with Crippen LogP contribution in [0.25, 0.3) is 0 Å². The van der Waals surface area contributed by atoms with Gasteiger partial charge in [-0.2, -0.15) is 4.31 Å². The normalized spacial score (nSPS) is 18.6. The number of hydrogen-bond donors (Lipinski definition) is 0. The number of halogens is 1. The van der Waals surface area contributed by atoms with E-state index in [9.17, 15) is 27.7 Å². The molecule has 0 unspecified atom stereocenters. The van der Waals surface area contributed by atoms with Gasteiger partial charge in [-0.25, -0.2) is 12.8 Å². The summed E-state index contributed by atoms with van der Waals surface area (Å²) in [6.45, 7) is 2.27. The van der Waals surface area contributed by atoms with Gasteiger partial charge >= 0.3 is 0 Å². The average Bonchev–Trinajstić information content (AvgIpc) is 3.56. The Balaban J connectivity index is 1.49. The molecule has 1 heterocycles. The molecule has 10 heteroatoms. The zero-order valence-corrected chi connectivity index (χ0v) is 17.8. The van der Waals surface area contributed by atoms with Crippen molar-refractivity contribution in [2.24, 2.45) is 0 Å².